The van der Waals surface area contributed by atoms with Crippen LogP contribution in [0.3, 0.4) is 0 Å². The molecule has 0 atom stereocenters. The van der Waals surface area contributed by atoms with Crippen LogP contribution in [-0.2, 0) is 0 Å². The minimum atomic E-state index is 0.566. The minimum Gasteiger partial charge on any atom is -0.351 e. The largest absolute Gasteiger partial charge is 0.351 e. The lowest BCUT2D eigenvalue weighted by Gasteiger charge is -2.04. The molecular formula is C7H10BrN. The van der Waals surface area contributed by atoms with Crippen LogP contribution in [0.15, 0.2) is 22.9 Å². The Bertz CT molecular complexity index is 191. The standard InChI is InChI=1S/C7H10BrN/c1-6(2)9-4-3-7(8)5-9/h3-6H,1-2H3. The monoisotopic (exact) mass is 187 g/mol. The summed E-state index contributed by atoms with van der Waals surface area (Å²) in [5.74, 6) is 0. The topological polar surface area (TPSA) is 4.93 Å². The molecule has 1 nitrogen and oxygen atoms in total. The minimum absolute atomic E-state index is 0.566. The maximum absolute atomic E-state index is 3.38. The molecule has 0 aliphatic rings. The van der Waals surface area contributed by atoms with Gasteiger partial charge in [0.1, 0.15) is 0 Å². The van der Waals surface area contributed by atoms with E-state index in [0.29, 0.717) is 6.04 Å². The normalized spacial score (nSPS) is 10.7. The van der Waals surface area contributed by atoms with E-state index in [-0.39, 0.29) is 0 Å². The van der Waals surface area contributed by atoms with E-state index >= 15 is 0 Å². The van der Waals surface area contributed by atoms with Gasteiger partial charge in [0.05, 0.1) is 0 Å². The third kappa shape index (κ3) is 1.58. The second kappa shape index (κ2) is 2.56. The van der Waals surface area contributed by atoms with E-state index in [1.165, 1.54) is 0 Å². The van der Waals surface area contributed by atoms with E-state index in [4.69, 9.17) is 0 Å². The molecule has 1 rings (SSSR count). The van der Waals surface area contributed by atoms with E-state index in [1.807, 2.05) is 6.07 Å². The van der Waals surface area contributed by atoms with Crippen molar-refractivity contribution in [3.63, 3.8) is 0 Å². The Kier molecular flexibility index (Phi) is 1.96. The van der Waals surface area contributed by atoms with Crippen LogP contribution in [0.25, 0.3) is 0 Å². The predicted octanol–water partition coefficient (Wildman–Crippen LogP) is 2.83. The van der Waals surface area contributed by atoms with Gasteiger partial charge < -0.3 is 4.57 Å². The van der Waals surface area contributed by atoms with Gasteiger partial charge in [-0.15, -0.1) is 0 Å². The highest BCUT2D eigenvalue weighted by atomic mass is 79.9. The Labute approximate surface area is 63.8 Å². The first-order valence-corrected chi connectivity index (χ1v) is 3.82. The van der Waals surface area contributed by atoms with Crippen molar-refractivity contribution in [1.29, 1.82) is 0 Å². The van der Waals surface area contributed by atoms with Crippen molar-refractivity contribution in [2.75, 3.05) is 0 Å². The lowest BCUT2D eigenvalue weighted by atomic mass is 10.4. The Morgan fingerprint density at radius 3 is 2.44 bits per heavy atom. The van der Waals surface area contributed by atoms with Crippen LogP contribution in [0.2, 0.25) is 0 Å². The zero-order valence-corrected chi connectivity index (χ0v) is 7.22. The molecule has 0 aliphatic carbocycles. The van der Waals surface area contributed by atoms with Crippen LogP contribution in [0.1, 0.15) is 19.9 Å². The molecule has 0 radical (unpaired) electrons. The van der Waals surface area contributed by atoms with Gasteiger partial charge in [-0.2, -0.15) is 0 Å². The molecule has 0 unspecified atom stereocenters. The van der Waals surface area contributed by atoms with Crippen LogP contribution in [0.4, 0.5) is 0 Å². The molecule has 0 aromatic carbocycles. The summed E-state index contributed by atoms with van der Waals surface area (Å²) in [6.07, 6.45) is 4.14. The third-order valence-corrected chi connectivity index (χ3v) is 1.74. The molecular weight excluding hydrogens is 178 g/mol. The molecule has 2 heteroatoms. The quantitative estimate of drug-likeness (QED) is 0.638. The number of aromatic nitrogens is 1. The van der Waals surface area contributed by atoms with Crippen molar-refractivity contribution in [2.45, 2.75) is 19.9 Å². The van der Waals surface area contributed by atoms with Gasteiger partial charge in [-0.3, -0.25) is 0 Å². The second-order valence-electron chi connectivity index (χ2n) is 2.37. The predicted molar refractivity (Wildman–Crippen MR) is 42.5 cm³/mol. The molecule has 50 valence electrons. The van der Waals surface area contributed by atoms with E-state index in [0.717, 1.165) is 4.47 Å². The molecule has 0 spiro atoms. The van der Waals surface area contributed by atoms with Crippen molar-refractivity contribution in [3.8, 4) is 0 Å². The first-order chi connectivity index (χ1) is 4.20. The van der Waals surface area contributed by atoms with Crippen LogP contribution >= 0.6 is 15.9 Å². The third-order valence-electron chi connectivity index (χ3n) is 1.27. The average molecular weight is 188 g/mol. The van der Waals surface area contributed by atoms with Crippen molar-refractivity contribution in [3.05, 3.63) is 22.9 Å². The van der Waals surface area contributed by atoms with Crippen molar-refractivity contribution >= 4 is 15.9 Å². The lowest BCUT2D eigenvalue weighted by Crippen LogP contribution is -1.94. The van der Waals surface area contributed by atoms with E-state index in [2.05, 4.69) is 46.7 Å². The smallest absolute Gasteiger partial charge is 0.0352 e. The maximum Gasteiger partial charge on any atom is 0.0352 e. The Balaban J connectivity index is 2.85. The summed E-state index contributed by atoms with van der Waals surface area (Å²) in [4.78, 5) is 0. The summed E-state index contributed by atoms with van der Waals surface area (Å²) >= 11 is 3.38. The molecule has 1 heterocycles. The summed E-state index contributed by atoms with van der Waals surface area (Å²) in [6, 6.07) is 2.61. The zero-order valence-electron chi connectivity index (χ0n) is 5.63. The van der Waals surface area contributed by atoms with Gasteiger partial charge in [0.2, 0.25) is 0 Å². The van der Waals surface area contributed by atoms with Gasteiger partial charge in [0.25, 0.3) is 0 Å². The van der Waals surface area contributed by atoms with Crippen molar-refractivity contribution in [2.24, 2.45) is 0 Å². The van der Waals surface area contributed by atoms with Crippen LogP contribution < -0.4 is 0 Å². The number of hydrogen-bond acceptors (Lipinski definition) is 0. The molecule has 1 aromatic rings. The zero-order chi connectivity index (χ0) is 6.85. The number of rotatable bonds is 1. The molecule has 0 amide bonds. The fraction of sp³-hybridized carbons (Fsp3) is 0.429. The first kappa shape index (κ1) is 6.87. The fourth-order valence-electron chi connectivity index (χ4n) is 0.707. The highest BCUT2D eigenvalue weighted by Crippen LogP contribution is 2.12. The lowest BCUT2D eigenvalue weighted by molar-refractivity contribution is 0.603. The van der Waals surface area contributed by atoms with Crippen LogP contribution in [-0.4, -0.2) is 4.57 Å². The Hall–Kier alpha value is -0.240. The summed E-state index contributed by atoms with van der Waals surface area (Å²) in [6.45, 7) is 4.32. The van der Waals surface area contributed by atoms with Gasteiger partial charge in [0, 0.05) is 22.9 Å². The average Bonchev–Trinajstić information content (AvgIpc) is 2.14. The summed E-state index contributed by atoms with van der Waals surface area (Å²) in [5.41, 5.74) is 0. The second-order valence-corrected chi connectivity index (χ2v) is 3.29. The highest BCUT2D eigenvalue weighted by molar-refractivity contribution is 9.10. The van der Waals surface area contributed by atoms with E-state index < -0.39 is 0 Å². The van der Waals surface area contributed by atoms with Gasteiger partial charge >= 0.3 is 0 Å². The van der Waals surface area contributed by atoms with Crippen LogP contribution in [0, 0.1) is 0 Å². The van der Waals surface area contributed by atoms with Crippen molar-refractivity contribution < 1.29 is 0 Å². The van der Waals surface area contributed by atoms with E-state index in [9.17, 15) is 0 Å². The number of nitrogens with zero attached hydrogens (tertiary/aromatic N) is 1. The Morgan fingerprint density at radius 2 is 2.22 bits per heavy atom. The van der Waals surface area contributed by atoms with Gasteiger partial charge in [-0.1, -0.05) is 0 Å². The van der Waals surface area contributed by atoms with Crippen LogP contribution in [0.5, 0.6) is 0 Å². The summed E-state index contributed by atoms with van der Waals surface area (Å²) in [5, 5.41) is 0. The SMILES string of the molecule is CC(C)n1ccc(Br)c1. The molecule has 0 aliphatic heterocycles. The molecule has 0 fully saturated rings. The van der Waals surface area contributed by atoms with Gasteiger partial charge in [-0.25, -0.2) is 0 Å². The summed E-state index contributed by atoms with van der Waals surface area (Å²) < 4.78 is 3.31. The fourth-order valence-corrected chi connectivity index (χ4v) is 1.06. The molecule has 0 saturated carbocycles. The van der Waals surface area contributed by atoms with Gasteiger partial charge in [0.15, 0.2) is 0 Å². The molecule has 0 saturated heterocycles. The highest BCUT2D eigenvalue weighted by Gasteiger charge is 1.94. The van der Waals surface area contributed by atoms with E-state index in [1.54, 1.807) is 0 Å². The van der Waals surface area contributed by atoms with Gasteiger partial charge in [-0.05, 0) is 35.8 Å². The maximum atomic E-state index is 3.38. The van der Waals surface area contributed by atoms with Crippen molar-refractivity contribution in [1.82, 2.24) is 4.57 Å². The molecule has 0 N–H and O–H groups in total. The number of halogens is 1. The Morgan fingerprint density at radius 1 is 1.56 bits per heavy atom. The first-order valence-electron chi connectivity index (χ1n) is 3.03. The summed E-state index contributed by atoms with van der Waals surface area (Å²) in [7, 11) is 0. The molecule has 1 aromatic heterocycles. The number of hydrogen-bond donors (Lipinski definition) is 0. The molecule has 9 heavy (non-hydrogen) atoms. The molecule has 0 bridgehead atoms.